The molecule has 0 saturated heterocycles. The van der Waals surface area contributed by atoms with Gasteiger partial charge in [-0.05, 0) is 17.7 Å². The Hall–Kier alpha value is -2.04. The summed E-state index contributed by atoms with van der Waals surface area (Å²) in [5, 5.41) is 2.98. The minimum absolute atomic E-state index is 0.211. The number of aromatic nitrogens is 1. The number of halogens is 3. The zero-order valence-corrected chi connectivity index (χ0v) is 11.9. The fourth-order valence-corrected chi connectivity index (χ4v) is 2.01. The van der Waals surface area contributed by atoms with Crippen molar-refractivity contribution in [2.45, 2.75) is 25.4 Å². The first-order valence-corrected chi connectivity index (χ1v) is 6.62. The van der Waals surface area contributed by atoms with E-state index in [2.05, 4.69) is 10.3 Å². The van der Waals surface area contributed by atoms with E-state index in [4.69, 9.17) is 0 Å². The highest BCUT2D eigenvalue weighted by Crippen LogP contribution is 2.30. The third-order valence-electron chi connectivity index (χ3n) is 3.35. The average Bonchev–Trinajstić information content (AvgIpc) is 2.46. The minimum Gasteiger partial charge on any atom is -0.369 e. The molecule has 0 radical (unpaired) electrons. The van der Waals surface area contributed by atoms with Crippen molar-refractivity contribution in [3.05, 3.63) is 59.8 Å². The minimum atomic E-state index is -4.35. The first kappa shape index (κ1) is 15.4. The number of nitrogens with zero attached hydrogens (tertiary/aromatic N) is 1. The molecule has 21 heavy (non-hydrogen) atoms. The number of benzene rings is 1. The molecule has 0 amide bonds. The van der Waals surface area contributed by atoms with E-state index in [-0.39, 0.29) is 11.2 Å². The van der Waals surface area contributed by atoms with Crippen LogP contribution >= 0.6 is 0 Å². The molecule has 0 spiro atoms. The van der Waals surface area contributed by atoms with Crippen molar-refractivity contribution in [1.29, 1.82) is 0 Å². The molecule has 1 aromatic heterocycles. The highest BCUT2D eigenvalue weighted by molar-refractivity contribution is 5.40. The van der Waals surface area contributed by atoms with Gasteiger partial charge in [0, 0.05) is 18.2 Å². The van der Waals surface area contributed by atoms with Crippen LogP contribution in [0, 0.1) is 0 Å². The topological polar surface area (TPSA) is 24.9 Å². The number of hydrogen-bond donors (Lipinski definition) is 1. The normalized spacial score (nSPS) is 12.2. The van der Waals surface area contributed by atoms with Gasteiger partial charge in [-0.3, -0.25) is 0 Å². The SMILES string of the molecule is CC(C)(CNc1cc(C(F)(F)F)ccn1)c1ccccc1. The summed E-state index contributed by atoms with van der Waals surface area (Å²) in [5.41, 5.74) is 0.207. The van der Waals surface area contributed by atoms with Gasteiger partial charge in [-0.15, -0.1) is 0 Å². The lowest BCUT2D eigenvalue weighted by Crippen LogP contribution is -2.28. The molecule has 112 valence electrons. The lowest BCUT2D eigenvalue weighted by Gasteiger charge is -2.26. The highest BCUT2D eigenvalue weighted by atomic mass is 19.4. The molecular formula is C16H17F3N2. The Bertz CT molecular complexity index is 592. The van der Waals surface area contributed by atoms with Gasteiger partial charge >= 0.3 is 6.18 Å². The van der Waals surface area contributed by atoms with E-state index in [1.807, 2.05) is 44.2 Å². The lowest BCUT2D eigenvalue weighted by molar-refractivity contribution is -0.137. The first-order valence-electron chi connectivity index (χ1n) is 6.62. The Kier molecular flexibility index (Phi) is 4.21. The van der Waals surface area contributed by atoms with Crippen molar-refractivity contribution in [3.63, 3.8) is 0 Å². The van der Waals surface area contributed by atoms with Gasteiger partial charge in [0.2, 0.25) is 0 Å². The second-order valence-corrected chi connectivity index (χ2v) is 5.53. The van der Waals surface area contributed by atoms with Crippen molar-refractivity contribution in [1.82, 2.24) is 4.98 Å². The second kappa shape index (κ2) is 5.76. The van der Waals surface area contributed by atoms with Crippen LogP contribution in [-0.2, 0) is 11.6 Å². The molecule has 0 bridgehead atoms. The van der Waals surface area contributed by atoms with E-state index >= 15 is 0 Å². The maximum Gasteiger partial charge on any atom is 0.416 e. The summed E-state index contributed by atoms with van der Waals surface area (Å²) in [5.74, 6) is 0.230. The smallest absolute Gasteiger partial charge is 0.369 e. The van der Waals surface area contributed by atoms with Crippen LogP contribution in [0.2, 0.25) is 0 Å². The third kappa shape index (κ3) is 3.97. The zero-order chi connectivity index (χ0) is 15.5. The lowest BCUT2D eigenvalue weighted by atomic mass is 9.84. The van der Waals surface area contributed by atoms with E-state index in [0.29, 0.717) is 6.54 Å². The second-order valence-electron chi connectivity index (χ2n) is 5.53. The standard InChI is InChI=1S/C16H17F3N2/c1-15(2,12-6-4-3-5-7-12)11-21-14-10-13(8-9-20-14)16(17,18)19/h3-10H,11H2,1-2H3,(H,20,21). The Morgan fingerprint density at radius 3 is 2.29 bits per heavy atom. The van der Waals surface area contributed by atoms with E-state index in [0.717, 1.165) is 17.7 Å². The number of nitrogens with one attached hydrogen (secondary N) is 1. The van der Waals surface area contributed by atoms with Crippen LogP contribution in [0.3, 0.4) is 0 Å². The Balaban J connectivity index is 2.10. The molecule has 0 fully saturated rings. The molecule has 1 N–H and O–H groups in total. The average molecular weight is 294 g/mol. The van der Waals surface area contributed by atoms with E-state index in [9.17, 15) is 13.2 Å². The van der Waals surface area contributed by atoms with Crippen molar-refractivity contribution >= 4 is 5.82 Å². The van der Waals surface area contributed by atoms with Gasteiger partial charge in [0.15, 0.2) is 0 Å². The third-order valence-corrected chi connectivity index (χ3v) is 3.35. The van der Waals surface area contributed by atoms with E-state index < -0.39 is 11.7 Å². The fraction of sp³-hybridized carbons (Fsp3) is 0.312. The maximum absolute atomic E-state index is 12.7. The van der Waals surface area contributed by atoms with Gasteiger partial charge in [0.25, 0.3) is 0 Å². The Morgan fingerprint density at radius 1 is 1.00 bits per heavy atom. The summed E-state index contributed by atoms with van der Waals surface area (Å²) < 4.78 is 38.0. The molecule has 0 aliphatic heterocycles. The largest absolute Gasteiger partial charge is 0.416 e. The molecular weight excluding hydrogens is 277 g/mol. The molecule has 0 atom stereocenters. The van der Waals surface area contributed by atoms with E-state index in [1.165, 1.54) is 6.20 Å². The molecule has 2 nitrogen and oxygen atoms in total. The van der Waals surface area contributed by atoms with Crippen LogP contribution in [0.5, 0.6) is 0 Å². The summed E-state index contributed by atoms with van der Waals surface area (Å²) >= 11 is 0. The van der Waals surface area contributed by atoms with Crippen molar-refractivity contribution in [3.8, 4) is 0 Å². The summed E-state index contributed by atoms with van der Waals surface area (Å²) in [6.45, 7) is 4.55. The molecule has 2 rings (SSSR count). The molecule has 1 heterocycles. The Morgan fingerprint density at radius 2 is 1.67 bits per heavy atom. The van der Waals surface area contributed by atoms with Crippen molar-refractivity contribution in [2.75, 3.05) is 11.9 Å². The number of pyridine rings is 1. The molecule has 0 unspecified atom stereocenters. The predicted octanol–water partition coefficient (Wildman–Crippen LogP) is 4.49. The van der Waals surface area contributed by atoms with Crippen LogP contribution in [0.15, 0.2) is 48.7 Å². The van der Waals surface area contributed by atoms with Crippen LogP contribution in [0.4, 0.5) is 19.0 Å². The van der Waals surface area contributed by atoms with Crippen LogP contribution in [0.1, 0.15) is 25.0 Å². The van der Waals surface area contributed by atoms with Crippen molar-refractivity contribution in [2.24, 2.45) is 0 Å². The number of hydrogen-bond acceptors (Lipinski definition) is 2. The number of rotatable bonds is 4. The maximum atomic E-state index is 12.7. The molecule has 0 aliphatic carbocycles. The highest BCUT2D eigenvalue weighted by Gasteiger charge is 2.31. The Labute approximate surface area is 122 Å². The number of alkyl halides is 3. The molecule has 2 aromatic rings. The molecule has 0 aliphatic rings. The number of anilines is 1. The van der Waals surface area contributed by atoms with Crippen molar-refractivity contribution < 1.29 is 13.2 Å². The van der Waals surface area contributed by atoms with Crippen LogP contribution < -0.4 is 5.32 Å². The quantitative estimate of drug-likeness (QED) is 0.898. The monoisotopic (exact) mass is 294 g/mol. The van der Waals surface area contributed by atoms with Gasteiger partial charge in [-0.1, -0.05) is 44.2 Å². The van der Waals surface area contributed by atoms with Gasteiger partial charge in [-0.25, -0.2) is 4.98 Å². The summed E-state index contributed by atoms with van der Waals surface area (Å²) in [6, 6.07) is 11.8. The molecule has 0 saturated carbocycles. The fourth-order valence-electron chi connectivity index (χ4n) is 2.01. The van der Waals surface area contributed by atoms with Gasteiger partial charge in [0.1, 0.15) is 5.82 Å². The van der Waals surface area contributed by atoms with Crippen LogP contribution in [0.25, 0.3) is 0 Å². The predicted molar refractivity (Wildman–Crippen MR) is 77.2 cm³/mol. The summed E-state index contributed by atoms with van der Waals surface area (Å²) in [6.07, 6.45) is -3.19. The molecule has 5 heteroatoms. The van der Waals surface area contributed by atoms with E-state index in [1.54, 1.807) is 0 Å². The van der Waals surface area contributed by atoms with Gasteiger partial charge < -0.3 is 5.32 Å². The van der Waals surface area contributed by atoms with Crippen LogP contribution in [-0.4, -0.2) is 11.5 Å². The first-order chi connectivity index (χ1) is 9.79. The van der Waals surface area contributed by atoms with Gasteiger partial charge in [-0.2, -0.15) is 13.2 Å². The zero-order valence-electron chi connectivity index (χ0n) is 11.9. The summed E-state index contributed by atoms with van der Waals surface area (Å²) in [4.78, 5) is 3.94. The summed E-state index contributed by atoms with van der Waals surface area (Å²) in [7, 11) is 0. The molecule has 1 aromatic carbocycles. The van der Waals surface area contributed by atoms with Gasteiger partial charge in [0.05, 0.1) is 5.56 Å².